The predicted molar refractivity (Wildman–Crippen MR) is 94.5 cm³/mol. The van der Waals surface area contributed by atoms with Crippen LogP contribution in [0.1, 0.15) is 5.56 Å². The molecule has 142 valence electrons. The van der Waals surface area contributed by atoms with Crippen LogP contribution in [0.5, 0.6) is 0 Å². The molecule has 2 amide bonds. The van der Waals surface area contributed by atoms with Gasteiger partial charge >= 0.3 is 12.2 Å². The van der Waals surface area contributed by atoms with Crippen LogP contribution in [0, 0.1) is 0 Å². The van der Waals surface area contributed by atoms with E-state index in [0.717, 1.165) is 16.8 Å². The number of anilines is 1. The first kappa shape index (κ1) is 18.7. The predicted octanol–water partition coefficient (Wildman–Crippen LogP) is 3.22. The van der Waals surface area contributed by atoms with E-state index in [0.29, 0.717) is 17.8 Å². The van der Waals surface area contributed by atoms with Gasteiger partial charge < -0.3 is 15.7 Å². The van der Waals surface area contributed by atoms with Crippen LogP contribution >= 0.6 is 0 Å². The molecule has 2 aromatic heterocycles. The monoisotopic (exact) mass is 378 g/mol. The summed E-state index contributed by atoms with van der Waals surface area (Å²) in [5.74, 6) is 0. The van der Waals surface area contributed by atoms with E-state index < -0.39 is 18.8 Å². The summed E-state index contributed by atoms with van der Waals surface area (Å²) >= 11 is 0. The lowest BCUT2D eigenvalue weighted by Gasteiger charge is -2.11. The largest absolute Gasteiger partial charge is 0.405 e. The van der Waals surface area contributed by atoms with Gasteiger partial charge in [0.1, 0.15) is 12.2 Å². The molecular formula is C18H17F3N4O2. The number of fused-ring (bicyclic) bond motifs is 1. The fraction of sp³-hybridized carbons (Fsp3) is 0.222. The molecule has 0 spiro atoms. The molecule has 0 aliphatic heterocycles. The number of aliphatic hydroxyl groups is 1. The number of aromatic nitrogens is 2. The van der Waals surface area contributed by atoms with E-state index in [2.05, 4.69) is 10.3 Å². The number of urea groups is 1. The number of benzene rings is 1. The number of nitrogens with one attached hydrogen (secondary N) is 2. The Morgan fingerprint density at radius 2 is 2.04 bits per heavy atom. The van der Waals surface area contributed by atoms with Gasteiger partial charge in [-0.15, -0.1) is 0 Å². The van der Waals surface area contributed by atoms with Crippen molar-refractivity contribution in [3.05, 3.63) is 54.4 Å². The van der Waals surface area contributed by atoms with Crippen molar-refractivity contribution in [1.82, 2.24) is 14.7 Å². The molecule has 0 saturated heterocycles. The molecule has 0 aliphatic carbocycles. The second-order valence-electron chi connectivity index (χ2n) is 5.88. The third kappa shape index (κ3) is 4.76. The van der Waals surface area contributed by atoms with Crippen molar-refractivity contribution < 1.29 is 23.1 Å². The average molecular weight is 378 g/mol. The number of aliphatic hydroxyl groups excluding tert-OH is 1. The normalized spacial score (nSPS) is 11.6. The zero-order valence-electron chi connectivity index (χ0n) is 14.1. The molecular weight excluding hydrogens is 361 g/mol. The Bertz CT molecular complexity index is 953. The number of halogens is 3. The molecule has 0 bridgehead atoms. The van der Waals surface area contributed by atoms with E-state index in [1.165, 1.54) is 0 Å². The Morgan fingerprint density at radius 3 is 2.78 bits per heavy atom. The highest BCUT2D eigenvalue weighted by Crippen LogP contribution is 2.24. The van der Waals surface area contributed by atoms with E-state index >= 15 is 0 Å². The number of pyridine rings is 1. The number of carbonyl (C=O) groups excluding carboxylic acids is 1. The molecule has 0 unspecified atom stereocenters. The maximum absolute atomic E-state index is 12.2. The van der Waals surface area contributed by atoms with Crippen molar-refractivity contribution in [3.8, 4) is 11.3 Å². The van der Waals surface area contributed by atoms with Crippen molar-refractivity contribution >= 4 is 17.4 Å². The molecule has 6 nitrogen and oxygen atoms in total. The third-order valence-electron chi connectivity index (χ3n) is 3.84. The quantitative estimate of drug-likeness (QED) is 0.638. The van der Waals surface area contributed by atoms with E-state index in [4.69, 9.17) is 5.11 Å². The van der Waals surface area contributed by atoms with Crippen LogP contribution in [0.15, 0.2) is 48.8 Å². The number of imidazole rings is 1. The lowest BCUT2D eigenvalue weighted by Crippen LogP contribution is -2.36. The van der Waals surface area contributed by atoms with E-state index in [1.54, 1.807) is 29.7 Å². The van der Waals surface area contributed by atoms with Gasteiger partial charge in [0.25, 0.3) is 0 Å². The van der Waals surface area contributed by atoms with Gasteiger partial charge in [-0.05, 0) is 36.2 Å². The van der Waals surface area contributed by atoms with Crippen LogP contribution in [0.2, 0.25) is 0 Å². The first-order valence-electron chi connectivity index (χ1n) is 8.14. The molecule has 0 atom stereocenters. The standard InChI is InChI=1S/C18H17F3N4O2/c19-18(20,21)11-23-17(27)24-14-3-1-2-13(9-14)15-10-22-16-8-12(5-7-26)4-6-25(15)16/h1-4,6,8-10,26H,5,7,11H2,(H2,23,24,27). The lowest BCUT2D eigenvalue weighted by atomic mass is 10.1. The summed E-state index contributed by atoms with van der Waals surface area (Å²) in [5, 5.41) is 13.2. The number of hydrogen-bond donors (Lipinski definition) is 3. The van der Waals surface area contributed by atoms with E-state index in [-0.39, 0.29) is 6.61 Å². The zero-order valence-corrected chi connectivity index (χ0v) is 14.1. The van der Waals surface area contributed by atoms with Gasteiger partial charge in [0.15, 0.2) is 0 Å². The summed E-state index contributed by atoms with van der Waals surface area (Å²) in [6, 6.07) is 9.54. The maximum Gasteiger partial charge on any atom is 0.405 e. The van der Waals surface area contributed by atoms with Gasteiger partial charge in [-0.3, -0.25) is 4.40 Å². The number of carbonyl (C=O) groups is 1. The van der Waals surface area contributed by atoms with Crippen molar-refractivity contribution in [1.29, 1.82) is 0 Å². The van der Waals surface area contributed by atoms with Gasteiger partial charge in [0.2, 0.25) is 0 Å². The Labute approximate surface area is 152 Å². The van der Waals surface area contributed by atoms with Crippen LogP contribution in [0.3, 0.4) is 0 Å². The van der Waals surface area contributed by atoms with Crippen LogP contribution in [-0.2, 0) is 6.42 Å². The first-order valence-corrected chi connectivity index (χ1v) is 8.14. The fourth-order valence-electron chi connectivity index (χ4n) is 2.63. The second kappa shape index (κ2) is 7.67. The molecule has 3 aromatic rings. The van der Waals surface area contributed by atoms with Crippen molar-refractivity contribution in [2.24, 2.45) is 0 Å². The zero-order chi connectivity index (χ0) is 19.4. The first-order chi connectivity index (χ1) is 12.9. The van der Waals surface area contributed by atoms with Crippen LogP contribution < -0.4 is 10.6 Å². The second-order valence-corrected chi connectivity index (χ2v) is 5.88. The molecule has 3 rings (SSSR count). The number of hydrogen-bond acceptors (Lipinski definition) is 3. The number of rotatable bonds is 5. The molecule has 3 N–H and O–H groups in total. The molecule has 9 heteroatoms. The van der Waals surface area contributed by atoms with Gasteiger partial charge in [-0.2, -0.15) is 13.2 Å². The Hall–Kier alpha value is -3.07. The van der Waals surface area contributed by atoms with Gasteiger partial charge in [-0.25, -0.2) is 9.78 Å². The SMILES string of the molecule is O=C(NCC(F)(F)F)Nc1cccc(-c2cnc3cc(CCO)ccn23)c1. The molecule has 0 fully saturated rings. The summed E-state index contributed by atoms with van der Waals surface area (Å²) in [6.07, 6.45) is -0.435. The average Bonchev–Trinajstić information content (AvgIpc) is 3.03. The minimum atomic E-state index is -4.47. The Kier molecular flexibility index (Phi) is 5.31. The Balaban J connectivity index is 1.79. The highest BCUT2D eigenvalue weighted by molar-refractivity contribution is 5.90. The maximum atomic E-state index is 12.2. The summed E-state index contributed by atoms with van der Waals surface area (Å²) in [6.45, 7) is -1.35. The minimum Gasteiger partial charge on any atom is -0.396 e. The van der Waals surface area contributed by atoms with Crippen molar-refractivity contribution in [2.45, 2.75) is 12.6 Å². The van der Waals surface area contributed by atoms with Crippen LogP contribution in [-0.4, -0.2) is 39.9 Å². The van der Waals surface area contributed by atoms with Crippen molar-refractivity contribution in [2.75, 3.05) is 18.5 Å². The number of alkyl halides is 3. The lowest BCUT2D eigenvalue weighted by molar-refractivity contribution is -0.122. The highest BCUT2D eigenvalue weighted by atomic mass is 19.4. The highest BCUT2D eigenvalue weighted by Gasteiger charge is 2.27. The summed E-state index contributed by atoms with van der Waals surface area (Å²) in [7, 11) is 0. The molecule has 27 heavy (non-hydrogen) atoms. The van der Waals surface area contributed by atoms with Gasteiger partial charge in [-0.1, -0.05) is 12.1 Å². The minimum absolute atomic E-state index is 0.0495. The molecule has 0 saturated carbocycles. The number of nitrogens with zero attached hydrogens (tertiary/aromatic N) is 2. The Morgan fingerprint density at radius 1 is 1.22 bits per heavy atom. The van der Waals surface area contributed by atoms with Crippen LogP contribution in [0.25, 0.3) is 16.9 Å². The van der Waals surface area contributed by atoms with E-state index in [9.17, 15) is 18.0 Å². The smallest absolute Gasteiger partial charge is 0.396 e. The molecule has 0 aliphatic rings. The number of amides is 2. The third-order valence-corrected chi connectivity index (χ3v) is 3.84. The van der Waals surface area contributed by atoms with Crippen molar-refractivity contribution in [3.63, 3.8) is 0 Å². The molecule has 1 aromatic carbocycles. The van der Waals surface area contributed by atoms with Gasteiger partial charge in [0, 0.05) is 24.1 Å². The summed E-state index contributed by atoms with van der Waals surface area (Å²) < 4.78 is 38.3. The fourth-order valence-corrected chi connectivity index (χ4v) is 2.63. The van der Waals surface area contributed by atoms with Crippen LogP contribution in [0.4, 0.5) is 23.7 Å². The van der Waals surface area contributed by atoms with Gasteiger partial charge in [0.05, 0.1) is 11.9 Å². The van der Waals surface area contributed by atoms with E-state index in [1.807, 2.05) is 28.8 Å². The molecule has 2 heterocycles. The molecule has 0 radical (unpaired) electrons. The summed E-state index contributed by atoms with van der Waals surface area (Å²) in [4.78, 5) is 15.9. The summed E-state index contributed by atoms with van der Waals surface area (Å²) in [5.41, 5.74) is 3.53. The topological polar surface area (TPSA) is 78.7 Å².